The summed E-state index contributed by atoms with van der Waals surface area (Å²) in [4.78, 5) is 16.8. The Morgan fingerprint density at radius 1 is 1.11 bits per heavy atom. The normalized spacial score (nSPS) is 21.4. The van der Waals surface area contributed by atoms with Gasteiger partial charge in [0.2, 0.25) is 0 Å². The van der Waals surface area contributed by atoms with Crippen LogP contribution in [0.1, 0.15) is 31.1 Å². The standard InChI is InChI=1S/C19H21N5O3S/c25-19-20-18(21-22-19)15-7-1-2-10-23(15)11-12-24-14-8-3-5-13-6-4-9-16(17(13)14)28(24,26)27/h3-6,8-9,15H,1-2,7,10-12H2,(H2,20,21,22,25). The summed E-state index contributed by atoms with van der Waals surface area (Å²) in [6, 6.07) is 11.1. The first kappa shape index (κ1) is 17.4. The molecule has 0 bridgehead atoms. The number of benzene rings is 2. The third-order valence-electron chi connectivity index (χ3n) is 5.72. The molecule has 0 spiro atoms. The molecule has 0 radical (unpaired) electrons. The fraction of sp³-hybridized carbons (Fsp3) is 0.368. The van der Waals surface area contributed by atoms with E-state index in [-0.39, 0.29) is 11.7 Å². The van der Waals surface area contributed by atoms with Crippen molar-refractivity contribution in [1.29, 1.82) is 0 Å². The minimum absolute atomic E-state index is 0.00354. The molecule has 28 heavy (non-hydrogen) atoms. The number of anilines is 1. The second-order valence-electron chi connectivity index (χ2n) is 7.32. The fourth-order valence-corrected chi connectivity index (χ4v) is 6.13. The predicted octanol–water partition coefficient (Wildman–Crippen LogP) is 1.99. The zero-order valence-corrected chi connectivity index (χ0v) is 16.1. The van der Waals surface area contributed by atoms with Gasteiger partial charge in [-0.25, -0.2) is 18.3 Å². The zero-order chi connectivity index (χ0) is 19.3. The van der Waals surface area contributed by atoms with Crippen LogP contribution in [0, 0.1) is 0 Å². The number of sulfonamides is 1. The van der Waals surface area contributed by atoms with E-state index in [1.54, 1.807) is 12.1 Å². The van der Waals surface area contributed by atoms with Crippen LogP contribution < -0.4 is 9.99 Å². The molecule has 1 atom stereocenters. The van der Waals surface area contributed by atoms with E-state index in [1.807, 2.05) is 24.3 Å². The van der Waals surface area contributed by atoms with E-state index >= 15 is 0 Å². The summed E-state index contributed by atoms with van der Waals surface area (Å²) in [5.41, 5.74) is 0.430. The molecule has 2 aliphatic heterocycles. The Morgan fingerprint density at radius 3 is 2.71 bits per heavy atom. The van der Waals surface area contributed by atoms with Gasteiger partial charge in [-0.1, -0.05) is 30.7 Å². The lowest BCUT2D eigenvalue weighted by Crippen LogP contribution is -2.41. The summed E-state index contributed by atoms with van der Waals surface area (Å²) in [5, 5.41) is 8.26. The average Bonchev–Trinajstić information content (AvgIpc) is 3.22. The molecule has 9 heteroatoms. The number of hydrogen-bond donors (Lipinski definition) is 2. The second-order valence-corrected chi connectivity index (χ2v) is 9.15. The maximum Gasteiger partial charge on any atom is 0.340 e. The van der Waals surface area contributed by atoms with Crippen LogP contribution in [-0.4, -0.2) is 48.1 Å². The Kier molecular flexibility index (Phi) is 4.02. The maximum absolute atomic E-state index is 13.1. The van der Waals surface area contributed by atoms with Crippen LogP contribution in [0.2, 0.25) is 0 Å². The summed E-state index contributed by atoms with van der Waals surface area (Å²) < 4.78 is 27.8. The summed E-state index contributed by atoms with van der Waals surface area (Å²) in [6.45, 7) is 1.79. The number of piperidine rings is 1. The largest absolute Gasteiger partial charge is 0.340 e. The van der Waals surface area contributed by atoms with E-state index in [4.69, 9.17) is 0 Å². The number of nitrogens with one attached hydrogen (secondary N) is 2. The van der Waals surface area contributed by atoms with E-state index in [0.29, 0.717) is 23.8 Å². The molecular formula is C19H21N5O3S. The lowest BCUT2D eigenvalue weighted by atomic mass is 10.0. The molecule has 1 fully saturated rings. The predicted molar refractivity (Wildman–Crippen MR) is 106 cm³/mol. The van der Waals surface area contributed by atoms with Gasteiger partial charge >= 0.3 is 5.69 Å². The third kappa shape index (κ3) is 2.65. The summed E-state index contributed by atoms with van der Waals surface area (Å²) in [5.74, 6) is 0.624. The molecule has 8 nitrogen and oxygen atoms in total. The Bertz CT molecular complexity index is 1190. The Hall–Kier alpha value is -2.65. The van der Waals surface area contributed by atoms with Crippen LogP contribution in [-0.2, 0) is 10.0 Å². The van der Waals surface area contributed by atoms with Crippen molar-refractivity contribution in [1.82, 2.24) is 20.1 Å². The lowest BCUT2D eigenvalue weighted by molar-refractivity contribution is 0.147. The molecule has 2 aromatic carbocycles. The van der Waals surface area contributed by atoms with Crippen LogP contribution in [0.5, 0.6) is 0 Å². The first-order valence-corrected chi connectivity index (χ1v) is 10.9. The minimum Gasteiger partial charge on any atom is -0.292 e. The van der Waals surface area contributed by atoms with Crippen molar-refractivity contribution in [3.63, 3.8) is 0 Å². The molecule has 0 aliphatic carbocycles. The first-order valence-electron chi connectivity index (χ1n) is 9.49. The lowest BCUT2D eigenvalue weighted by Gasteiger charge is -2.35. The molecule has 0 saturated carbocycles. The monoisotopic (exact) mass is 399 g/mol. The molecule has 3 aromatic rings. The Morgan fingerprint density at radius 2 is 1.93 bits per heavy atom. The number of rotatable bonds is 4. The topological polar surface area (TPSA) is 102 Å². The minimum atomic E-state index is -3.55. The fourth-order valence-electron chi connectivity index (χ4n) is 4.43. The third-order valence-corrected chi connectivity index (χ3v) is 7.58. The number of aromatic amines is 2. The van der Waals surface area contributed by atoms with Crippen molar-refractivity contribution >= 4 is 26.5 Å². The second kappa shape index (κ2) is 6.46. The molecule has 1 aromatic heterocycles. The number of nitrogens with zero attached hydrogens (tertiary/aromatic N) is 3. The van der Waals surface area contributed by atoms with Gasteiger partial charge in [0.25, 0.3) is 10.0 Å². The molecule has 2 aliphatic rings. The van der Waals surface area contributed by atoms with Gasteiger partial charge in [-0.2, -0.15) is 5.10 Å². The van der Waals surface area contributed by atoms with Crippen molar-refractivity contribution in [2.45, 2.75) is 30.2 Å². The molecule has 146 valence electrons. The molecular weight excluding hydrogens is 378 g/mol. The molecule has 1 saturated heterocycles. The van der Waals surface area contributed by atoms with Crippen LogP contribution in [0.25, 0.3) is 10.8 Å². The van der Waals surface area contributed by atoms with Crippen molar-refractivity contribution in [3.8, 4) is 0 Å². The smallest absolute Gasteiger partial charge is 0.292 e. The number of aromatic nitrogens is 3. The molecule has 1 unspecified atom stereocenters. The highest BCUT2D eigenvalue weighted by atomic mass is 32.2. The summed E-state index contributed by atoms with van der Waals surface area (Å²) >= 11 is 0. The van der Waals surface area contributed by atoms with Gasteiger partial charge in [0.05, 0.1) is 16.6 Å². The average molecular weight is 399 g/mol. The van der Waals surface area contributed by atoms with Crippen molar-refractivity contribution < 1.29 is 8.42 Å². The first-order chi connectivity index (χ1) is 13.6. The molecule has 5 rings (SSSR count). The van der Waals surface area contributed by atoms with Crippen LogP contribution in [0.15, 0.2) is 46.1 Å². The zero-order valence-electron chi connectivity index (χ0n) is 15.3. The molecule has 3 heterocycles. The van der Waals surface area contributed by atoms with E-state index in [9.17, 15) is 13.2 Å². The number of H-pyrrole nitrogens is 2. The summed E-state index contributed by atoms with van der Waals surface area (Å²) in [7, 11) is -3.55. The van der Waals surface area contributed by atoms with E-state index in [1.165, 1.54) is 4.31 Å². The van der Waals surface area contributed by atoms with E-state index in [2.05, 4.69) is 20.1 Å². The highest BCUT2D eigenvalue weighted by Gasteiger charge is 2.36. The van der Waals surface area contributed by atoms with Gasteiger partial charge in [-0.15, -0.1) is 0 Å². The highest BCUT2D eigenvalue weighted by molar-refractivity contribution is 7.93. The highest BCUT2D eigenvalue weighted by Crippen LogP contribution is 2.42. The van der Waals surface area contributed by atoms with Crippen LogP contribution in [0.3, 0.4) is 0 Å². The summed E-state index contributed by atoms with van der Waals surface area (Å²) in [6.07, 6.45) is 3.00. The SMILES string of the molecule is O=c1[nH]nc(C2CCCCN2CCN2c3cccc4cccc(c34)S2(=O)=O)[nH]1. The number of likely N-dealkylation sites (tertiary alicyclic amines) is 1. The quantitative estimate of drug-likeness (QED) is 0.699. The van der Waals surface area contributed by atoms with Gasteiger partial charge in [0.15, 0.2) is 0 Å². The van der Waals surface area contributed by atoms with Gasteiger partial charge in [-0.05, 0) is 36.9 Å². The van der Waals surface area contributed by atoms with Gasteiger partial charge < -0.3 is 0 Å². The van der Waals surface area contributed by atoms with Crippen molar-refractivity contribution in [2.75, 3.05) is 23.9 Å². The van der Waals surface area contributed by atoms with E-state index < -0.39 is 10.0 Å². The maximum atomic E-state index is 13.1. The van der Waals surface area contributed by atoms with Gasteiger partial charge in [0.1, 0.15) is 5.82 Å². The molecule has 0 amide bonds. The van der Waals surface area contributed by atoms with Crippen molar-refractivity contribution in [3.05, 3.63) is 52.7 Å². The van der Waals surface area contributed by atoms with Crippen LogP contribution in [0.4, 0.5) is 5.69 Å². The number of hydrogen-bond acceptors (Lipinski definition) is 5. The Balaban J connectivity index is 1.44. The van der Waals surface area contributed by atoms with Gasteiger partial charge in [0, 0.05) is 18.5 Å². The Labute approximate surface area is 162 Å². The van der Waals surface area contributed by atoms with Gasteiger partial charge in [-0.3, -0.25) is 14.2 Å². The van der Waals surface area contributed by atoms with E-state index in [0.717, 1.165) is 42.3 Å². The molecule has 2 N–H and O–H groups in total. The van der Waals surface area contributed by atoms with Crippen molar-refractivity contribution in [2.24, 2.45) is 0 Å². The van der Waals surface area contributed by atoms with Crippen LogP contribution >= 0.6 is 0 Å².